The number of carbonyl (C=O) groups is 2. The van der Waals surface area contributed by atoms with E-state index in [1.165, 1.54) is 0 Å². The standard InChI is InChI=1S/C17H26N4O2/c1-12(2)21-11-14(9-16(21)22)17(23)19(3)10-13-4-6-20-7-5-18-15(20)8-13/h5,7,12-14H,4,6,8-11H2,1-3H3/t13-,14+/m0/s1. The Bertz CT molecular complexity index is 595. The molecule has 23 heavy (non-hydrogen) atoms. The van der Waals surface area contributed by atoms with Crippen LogP contribution in [0.4, 0.5) is 0 Å². The summed E-state index contributed by atoms with van der Waals surface area (Å²) in [5.41, 5.74) is 0. The fraction of sp³-hybridized carbons (Fsp3) is 0.706. The first kappa shape index (κ1) is 16.0. The number of aryl methyl sites for hydroxylation is 1. The molecular weight excluding hydrogens is 292 g/mol. The van der Waals surface area contributed by atoms with Crippen LogP contribution in [0.2, 0.25) is 0 Å². The van der Waals surface area contributed by atoms with Crippen LogP contribution in [0, 0.1) is 11.8 Å². The van der Waals surface area contributed by atoms with Crippen molar-refractivity contribution in [2.75, 3.05) is 20.1 Å². The third-order valence-electron chi connectivity index (χ3n) is 5.09. The second kappa shape index (κ2) is 6.34. The van der Waals surface area contributed by atoms with Gasteiger partial charge in [-0.25, -0.2) is 4.98 Å². The minimum absolute atomic E-state index is 0.103. The molecule has 6 heteroatoms. The Hall–Kier alpha value is -1.85. The highest BCUT2D eigenvalue weighted by atomic mass is 16.2. The van der Waals surface area contributed by atoms with E-state index < -0.39 is 0 Å². The first-order valence-electron chi connectivity index (χ1n) is 8.50. The van der Waals surface area contributed by atoms with Crippen molar-refractivity contribution in [1.82, 2.24) is 19.4 Å². The number of nitrogens with zero attached hydrogens (tertiary/aromatic N) is 4. The Morgan fingerprint density at radius 1 is 1.43 bits per heavy atom. The summed E-state index contributed by atoms with van der Waals surface area (Å²) in [6, 6.07) is 0.169. The quantitative estimate of drug-likeness (QED) is 0.837. The van der Waals surface area contributed by atoms with Crippen LogP contribution in [0.3, 0.4) is 0 Å². The average molecular weight is 318 g/mol. The molecule has 1 saturated heterocycles. The molecule has 0 saturated carbocycles. The van der Waals surface area contributed by atoms with E-state index in [9.17, 15) is 9.59 Å². The predicted octanol–water partition coefficient (Wildman–Crippen LogP) is 1.16. The molecule has 1 aromatic heterocycles. The minimum atomic E-state index is -0.180. The molecule has 2 atom stereocenters. The summed E-state index contributed by atoms with van der Waals surface area (Å²) in [5, 5.41) is 0. The number of aromatic nitrogens is 2. The molecule has 2 aliphatic heterocycles. The smallest absolute Gasteiger partial charge is 0.227 e. The summed E-state index contributed by atoms with van der Waals surface area (Å²) in [7, 11) is 1.87. The first-order chi connectivity index (χ1) is 11.0. The summed E-state index contributed by atoms with van der Waals surface area (Å²) < 4.78 is 2.19. The molecule has 0 N–H and O–H groups in total. The van der Waals surface area contributed by atoms with Crippen LogP contribution in [0.1, 0.15) is 32.5 Å². The number of amides is 2. The van der Waals surface area contributed by atoms with Gasteiger partial charge in [-0.3, -0.25) is 9.59 Å². The van der Waals surface area contributed by atoms with E-state index in [4.69, 9.17) is 0 Å². The SMILES string of the molecule is CC(C)N1C[C@H](C(=O)N(C)C[C@H]2CCn3ccnc3C2)CC1=O. The van der Waals surface area contributed by atoms with Gasteiger partial charge in [0.15, 0.2) is 0 Å². The Kier molecular flexibility index (Phi) is 4.41. The van der Waals surface area contributed by atoms with Gasteiger partial charge in [-0.1, -0.05) is 0 Å². The van der Waals surface area contributed by atoms with Crippen LogP contribution < -0.4 is 0 Å². The molecule has 2 amide bonds. The van der Waals surface area contributed by atoms with E-state index >= 15 is 0 Å². The maximum atomic E-state index is 12.7. The number of hydrogen-bond acceptors (Lipinski definition) is 3. The third kappa shape index (κ3) is 3.26. The van der Waals surface area contributed by atoms with Crippen LogP contribution in [-0.4, -0.2) is 57.3 Å². The Morgan fingerprint density at radius 3 is 2.91 bits per heavy atom. The highest BCUT2D eigenvalue weighted by Crippen LogP contribution is 2.24. The summed E-state index contributed by atoms with van der Waals surface area (Å²) in [4.78, 5) is 32.7. The highest BCUT2D eigenvalue weighted by molar-refractivity contribution is 5.89. The monoisotopic (exact) mass is 318 g/mol. The number of rotatable bonds is 4. The second-order valence-electron chi connectivity index (χ2n) is 7.16. The van der Waals surface area contributed by atoms with E-state index in [2.05, 4.69) is 9.55 Å². The largest absolute Gasteiger partial charge is 0.345 e. The van der Waals surface area contributed by atoms with Gasteiger partial charge in [0.2, 0.25) is 11.8 Å². The summed E-state index contributed by atoms with van der Waals surface area (Å²) in [5.74, 6) is 1.60. The zero-order chi connectivity index (χ0) is 16.6. The van der Waals surface area contributed by atoms with Crippen molar-refractivity contribution in [3.8, 4) is 0 Å². The van der Waals surface area contributed by atoms with Gasteiger partial charge in [-0.05, 0) is 26.2 Å². The van der Waals surface area contributed by atoms with Crippen LogP contribution in [0.15, 0.2) is 12.4 Å². The van der Waals surface area contributed by atoms with Gasteiger partial charge in [-0.2, -0.15) is 0 Å². The van der Waals surface area contributed by atoms with E-state index in [1.807, 2.05) is 43.1 Å². The summed E-state index contributed by atoms with van der Waals surface area (Å²) in [6.45, 7) is 6.29. The van der Waals surface area contributed by atoms with Crippen molar-refractivity contribution in [2.45, 2.75) is 45.7 Å². The predicted molar refractivity (Wildman–Crippen MR) is 86.6 cm³/mol. The minimum Gasteiger partial charge on any atom is -0.345 e. The van der Waals surface area contributed by atoms with Crippen LogP contribution in [-0.2, 0) is 22.6 Å². The molecule has 0 radical (unpaired) electrons. The molecule has 126 valence electrons. The first-order valence-corrected chi connectivity index (χ1v) is 8.50. The molecule has 0 bridgehead atoms. The lowest BCUT2D eigenvalue weighted by Crippen LogP contribution is -2.39. The molecule has 1 aromatic rings. The number of imidazole rings is 1. The number of likely N-dealkylation sites (tertiary alicyclic amines) is 1. The molecule has 0 spiro atoms. The highest BCUT2D eigenvalue weighted by Gasteiger charge is 2.37. The molecule has 2 aliphatic rings. The van der Waals surface area contributed by atoms with E-state index in [1.54, 1.807) is 0 Å². The normalized spacial score (nSPS) is 24.2. The van der Waals surface area contributed by atoms with E-state index in [-0.39, 0.29) is 23.8 Å². The topological polar surface area (TPSA) is 58.4 Å². The van der Waals surface area contributed by atoms with Crippen molar-refractivity contribution in [3.05, 3.63) is 18.2 Å². The molecule has 6 nitrogen and oxygen atoms in total. The molecule has 1 fully saturated rings. The van der Waals surface area contributed by atoms with Gasteiger partial charge in [0.05, 0.1) is 5.92 Å². The number of fused-ring (bicyclic) bond motifs is 1. The van der Waals surface area contributed by atoms with Crippen LogP contribution in [0.25, 0.3) is 0 Å². The van der Waals surface area contributed by atoms with Crippen LogP contribution >= 0.6 is 0 Å². The Labute approximate surface area is 137 Å². The van der Waals surface area contributed by atoms with Crippen molar-refractivity contribution in [3.63, 3.8) is 0 Å². The summed E-state index contributed by atoms with van der Waals surface area (Å²) in [6.07, 6.45) is 6.22. The van der Waals surface area contributed by atoms with Gasteiger partial charge >= 0.3 is 0 Å². The van der Waals surface area contributed by atoms with Gasteiger partial charge in [0.25, 0.3) is 0 Å². The lowest BCUT2D eigenvalue weighted by Gasteiger charge is -2.29. The Morgan fingerprint density at radius 2 is 2.22 bits per heavy atom. The van der Waals surface area contributed by atoms with Crippen LogP contribution in [0.5, 0.6) is 0 Å². The number of carbonyl (C=O) groups excluding carboxylic acids is 2. The van der Waals surface area contributed by atoms with Crippen molar-refractivity contribution in [1.29, 1.82) is 0 Å². The lowest BCUT2D eigenvalue weighted by atomic mass is 9.96. The fourth-order valence-corrected chi connectivity index (χ4v) is 3.76. The van der Waals surface area contributed by atoms with Crippen molar-refractivity contribution in [2.24, 2.45) is 11.8 Å². The maximum Gasteiger partial charge on any atom is 0.227 e. The zero-order valence-electron chi connectivity index (χ0n) is 14.2. The summed E-state index contributed by atoms with van der Waals surface area (Å²) >= 11 is 0. The molecule has 3 heterocycles. The van der Waals surface area contributed by atoms with E-state index in [0.29, 0.717) is 18.9 Å². The number of hydrogen-bond donors (Lipinski definition) is 0. The van der Waals surface area contributed by atoms with Gasteiger partial charge in [-0.15, -0.1) is 0 Å². The molecule has 0 unspecified atom stereocenters. The average Bonchev–Trinajstić information content (AvgIpc) is 3.12. The van der Waals surface area contributed by atoms with Crippen molar-refractivity contribution >= 4 is 11.8 Å². The maximum absolute atomic E-state index is 12.7. The lowest BCUT2D eigenvalue weighted by molar-refractivity contribution is -0.135. The van der Waals surface area contributed by atoms with Gasteiger partial charge in [0, 0.05) is 58.0 Å². The second-order valence-corrected chi connectivity index (χ2v) is 7.16. The van der Waals surface area contributed by atoms with Gasteiger partial charge < -0.3 is 14.4 Å². The molecule has 0 aliphatic carbocycles. The molecule has 3 rings (SSSR count). The van der Waals surface area contributed by atoms with E-state index in [0.717, 1.165) is 31.8 Å². The third-order valence-corrected chi connectivity index (χ3v) is 5.09. The van der Waals surface area contributed by atoms with Crippen molar-refractivity contribution < 1.29 is 9.59 Å². The molecule has 0 aromatic carbocycles. The van der Waals surface area contributed by atoms with Gasteiger partial charge in [0.1, 0.15) is 5.82 Å². The fourth-order valence-electron chi connectivity index (χ4n) is 3.76. The Balaban J connectivity index is 1.56. The molecular formula is C17H26N4O2. The zero-order valence-corrected chi connectivity index (χ0v) is 14.2.